The van der Waals surface area contributed by atoms with Crippen LogP contribution in [0, 0.1) is 0 Å². The summed E-state index contributed by atoms with van der Waals surface area (Å²) in [5.74, 6) is 1.77. The second kappa shape index (κ2) is 10.1. The molecule has 2 aromatic rings. The number of aliphatic hydroxyl groups excluding tert-OH is 1. The van der Waals surface area contributed by atoms with E-state index < -0.39 is 6.10 Å². The van der Waals surface area contributed by atoms with E-state index >= 15 is 0 Å². The van der Waals surface area contributed by atoms with Gasteiger partial charge in [-0.05, 0) is 55.8 Å². The van der Waals surface area contributed by atoms with Gasteiger partial charge >= 0.3 is 0 Å². The van der Waals surface area contributed by atoms with E-state index in [4.69, 9.17) is 9.47 Å². The number of likely N-dealkylation sites (tertiary alicyclic amines) is 2. The number of hydrogen-bond acceptors (Lipinski definition) is 5. The molecule has 2 aromatic carbocycles. The first-order valence-electron chi connectivity index (χ1n) is 10.8. The second-order valence-electron chi connectivity index (χ2n) is 8.22. The molecule has 0 aliphatic carbocycles. The maximum absolute atomic E-state index is 10.2. The smallest absolute Gasteiger partial charge is 0.124 e. The van der Waals surface area contributed by atoms with Crippen molar-refractivity contribution in [3.63, 3.8) is 0 Å². The van der Waals surface area contributed by atoms with Crippen LogP contribution in [-0.2, 0) is 6.54 Å². The Morgan fingerprint density at radius 2 is 1.59 bits per heavy atom. The maximum atomic E-state index is 10.2. The lowest BCUT2D eigenvalue weighted by molar-refractivity contribution is 0.0145. The van der Waals surface area contributed by atoms with Crippen molar-refractivity contribution in [3.8, 4) is 11.5 Å². The highest BCUT2D eigenvalue weighted by Gasteiger charge is 2.28. The van der Waals surface area contributed by atoms with Crippen LogP contribution >= 0.6 is 0 Å². The molecule has 156 valence electrons. The first-order chi connectivity index (χ1) is 14.2. The number of hydrogen-bond donors (Lipinski definition) is 1. The molecule has 2 saturated heterocycles. The van der Waals surface area contributed by atoms with E-state index in [0.717, 1.165) is 44.2 Å². The first-order valence-corrected chi connectivity index (χ1v) is 10.8. The number of ether oxygens (including phenoxy) is 2. The summed E-state index contributed by atoms with van der Waals surface area (Å²) in [6, 6.07) is 18.2. The third-order valence-electron chi connectivity index (χ3n) is 5.66. The number of aliphatic hydroxyl groups is 1. The summed E-state index contributed by atoms with van der Waals surface area (Å²) in [5.41, 5.74) is 1.27. The van der Waals surface area contributed by atoms with Crippen LogP contribution in [0.1, 0.15) is 24.8 Å². The minimum absolute atomic E-state index is 0.279. The van der Waals surface area contributed by atoms with Crippen LogP contribution in [0.4, 0.5) is 0 Å². The van der Waals surface area contributed by atoms with Gasteiger partial charge in [-0.1, -0.05) is 36.8 Å². The molecule has 0 aromatic heterocycles. The Hall–Kier alpha value is -2.08. The van der Waals surface area contributed by atoms with E-state index in [0.29, 0.717) is 13.2 Å². The second-order valence-corrected chi connectivity index (χ2v) is 8.22. The van der Waals surface area contributed by atoms with Gasteiger partial charge in [0.15, 0.2) is 0 Å². The van der Waals surface area contributed by atoms with Crippen molar-refractivity contribution in [1.29, 1.82) is 0 Å². The summed E-state index contributed by atoms with van der Waals surface area (Å²) in [6.07, 6.45) is 3.64. The molecule has 2 aliphatic heterocycles. The van der Waals surface area contributed by atoms with Crippen molar-refractivity contribution < 1.29 is 14.6 Å². The van der Waals surface area contributed by atoms with Crippen molar-refractivity contribution in [2.75, 3.05) is 39.3 Å². The van der Waals surface area contributed by atoms with Gasteiger partial charge in [0, 0.05) is 26.2 Å². The zero-order valence-corrected chi connectivity index (χ0v) is 17.1. The Bertz CT molecular complexity index is 726. The van der Waals surface area contributed by atoms with Gasteiger partial charge in [0.25, 0.3) is 0 Å². The molecule has 0 bridgehead atoms. The Morgan fingerprint density at radius 3 is 2.31 bits per heavy atom. The molecular formula is C24H32N2O3. The SMILES string of the molecule is O[C@@H](COc1ccc(CN2CC(Oc3ccccc3)C2)cc1)CN1CCCCC1. The fourth-order valence-corrected chi connectivity index (χ4v) is 4.05. The van der Waals surface area contributed by atoms with E-state index in [9.17, 15) is 5.11 Å². The van der Waals surface area contributed by atoms with Crippen LogP contribution in [0.5, 0.6) is 11.5 Å². The highest BCUT2D eigenvalue weighted by atomic mass is 16.5. The Morgan fingerprint density at radius 1 is 0.862 bits per heavy atom. The van der Waals surface area contributed by atoms with Crippen LogP contribution in [-0.4, -0.2) is 66.4 Å². The van der Waals surface area contributed by atoms with Gasteiger partial charge in [-0.2, -0.15) is 0 Å². The molecule has 2 fully saturated rings. The summed E-state index contributed by atoms with van der Waals surface area (Å²) in [4.78, 5) is 4.72. The monoisotopic (exact) mass is 396 g/mol. The van der Waals surface area contributed by atoms with Crippen molar-refractivity contribution in [2.45, 2.75) is 38.0 Å². The topological polar surface area (TPSA) is 45.2 Å². The zero-order valence-electron chi connectivity index (χ0n) is 17.1. The van der Waals surface area contributed by atoms with Crippen molar-refractivity contribution in [3.05, 3.63) is 60.2 Å². The number of para-hydroxylation sites is 1. The van der Waals surface area contributed by atoms with Crippen molar-refractivity contribution in [1.82, 2.24) is 9.80 Å². The molecule has 5 nitrogen and oxygen atoms in total. The molecule has 0 saturated carbocycles. The minimum atomic E-state index is -0.435. The van der Waals surface area contributed by atoms with Gasteiger partial charge in [-0.3, -0.25) is 4.90 Å². The summed E-state index contributed by atoms with van der Waals surface area (Å²) in [6.45, 7) is 6.08. The molecule has 0 spiro atoms. The maximum Gasteiger partial charge on any atom is 0.124 e. The summed E-state index contributed by atoms with van der Waals surface area (Å²) in [7, 11) is 0. The van der Waals surface area contributed by atoms with E-state index in [1.54, 1.807) is 0 Å². The lowest BCUT2D eigenvalue weighted by Crippen LogP contribution is -2.53. The van der Waals surface area contributed by atoms with Crippen molar-refractivity contribution >= 4 is 0 Å². The fourth-order valence-electron chi connectivity index (χ4n) is 4.05. The third-order valence-corrected chi connectivity index (χ3v) is 5.66. The quantitative estimate of drug-likeness (QED) is 0.705. The first kappa shape index (κ1) is 20.2. The number of benzene rings is 2. The number of β-amino-alcohol motifs (C(OH)–C–C–N with tert-alkyl or cyclic N) is 1. The Labute approximate surface area is 173 Å². The molecule has 0 amide bonds. The summed E-state index contributed by atoms with van der Waals surface area (Å²) < 4.78 is 11.7. The van der Waals surface area contributed by atoms with Crippen LogP contribution in [0.3, 0.4) is 0 Å². The lowest BCUT2D eigenvalue weighted by atomic mass is 10.1. The zero-order chi connectivity index (χ0) is 19.9. The van der Waals surface area contributed by atoms with Gasteiger partial charge in [-0.25, -0.2) is 0 Å². The average molecular weight is 397 g/mol. The predicted molar refractivity (Wildman–Crippen MR) is 114 cm³/mol. The summed E-state index contributed by atoms with van der Waals surface area (Å²) in [5, 5.41) is 10.2. The predicted octanol–water partition coefficient (Wildman–Crippen LogP) is 3.18. The standard InChI is InChI=1S/C24H32N2O3/c27-21(16-25-13-5-2-6-14-25)19-28-22-11-9-20(10-12-22)15-26-17-24(18-26)29-23-7-3-1-4-8-23/h1,3-4,7-12,21,24,27H,2,5-6,13-19H2/t21-/m1/s1. The van der Waals surface area contributed by atoms with Gasteiger partial charge in [0.05, 0.1) is 0 Å². The average Bonchev–Trinajstić information content (AvgIpc) is 2.73. The highest BCUT2D eigenvalue weighted by Crippen LogP contribution is 2.21. The molecule has 5 heteroatoms. The third kappa shape index (κ3) is 6.20. The highest BCUT2D eigenvalue weighted by molar-refractivity contribution is 5.27. The summed E-state index contributed by atoms with van der Waals surface area (Å²) >= 11 is 0. The normalized spacial score (nSPS) is 19.5. The molecule has 2 heterocycles. The van der Waals surface area contributed by atoms with E-state index in [1.165, 1.54) is 24.8 Å². The van der Waals surface area contributed by atoms with Gasteiger partial charge in [0.1, 0.15) is 30.3 Å². The van der Waals surface area contributed by atoms with Gasteiger partial charge < -0.3 is 19.5 Å². The molecule has 2 aliphatic rings. The van der Waals surface area contributed by atoms with Crippen LogP contribution in [0.25, 0.3) is 0 Å². The number of nitrogens with zero attached hydrogens (tertiary/aromatic N) is 2. The molecule has 4 rings (SSSR count). The minimum Gasteiger partial charge on any atom is -0.491 e. The van der Waals surface area contributed by atoms with Crippen LogP contribution in [0.2, 0.25) is 0 Å². The lowest BCUT2D eigenvalue weighted by Gasteiger charge is -2.39. The van der Waals surface area contributed by atoms with Crippen molar-refractivity contribution in [2.24, 2.45) is 0 Å². The molecule has 1 N–H and O–H groups in total. The van der Waals surface area contributed by atoms with Crippen LogP contribution in [0.15, 0.2) is 54.6 Å². The van der Waals surface area contributed by atoms with E-state index in [2.05, 4.69) is 21.9 Å². The van der Waals surface area contributed by atoms with Gasteiger partial charge in [-0.15, -0.1) is 0 Å². The molecule has 0 radical (unpaired) electrons. The van der Waals surface area contributed by atoms with E-state index in [-0.39, 0.29) is 6.10 Å². The largest absolute Gasteiger partial charge is 0.491 e. The molecule has 1 atom stereocenters. The Kier molecular flexibility index (Phi) is 7.04. The number of piperidine rings is 1. The van der Waals surface area contributed by atoms with Gasteiger partial charge in [0.2, 0.25) is 0 Å². The van der Waals surface area contributed by atoms with Crippen LogP contribution < -0.4 is 9.47 Å². The van der Waals surface area contributed by atoms with E-state index in [1.807, 2.05) is 42.5 Å². The molecule has 0 unspecified atom stereocenters. The number of rotatable bonds is 9. The fraction of sp³-hybridized carbons (Fsp3) is 0.500. The molecular weight excluding hydrogens is 364 g/mol. The Balaban J connectivity index is 1.14. The molecule has 29 heavy (non-hydrogen) atoms.